The Labute approximate surface area is 180 Å². The molecule has 11 heteroatoms. The molecule has 2 N–H and O–H groups in total. The summed E-state index contributed by atoms with van der Waals surface area (Å²) in [6, 6.07) is 2.01. The summed E-state index contributed by atoms with van der Waals surface area (Å²) >= 11 is 0. The van der Waals surface area contributed by atoms with Crippen LogP contribution in [0.4, 0.5) is 19.0 Å². The number of pyridine rings is 3. The number of alkyl halides is 3. The average molecular weight is 445 g/mol. The van der Waals surface area contributed by atoms with Gasteiger partial charge in [0.25, 0.3) is 5.91 Å². The molecular formula is C21H18F3N5O3. The van der Waals surface area contributed by atoms with Crippen molar-refractivity contribution in [1.82, 2.24) is 19.9 Å². The number of nitrogens with zero attached hydrogens (tertiary/aromatic N) is 4. The molecule has 0 aliphatic carbocycles. The lowest BCUT2D eigenvalue weighted by Gasteiger charge is -2.33. The predicted octanol–water partition coefficient (Wildman–Crippen LogP) is 3.00. The maximum absolute atomic E-state index is 13.2. The zero-order valence-electron chi connectivity index (χ0n) is 16.9. The van der Waals surface area contributed by atoms with Crippen LogP contribution in [0.25, 0.3) is 10.9 Å². The summed E-state index contributed by atoms with van der Waals surface area (Å²) in [5.41, 5.74) is 8.27. The molecule has 1 atom stereocenters. The number of nitrogens with two attached hydrogens (primary N) is 1. The largest absolute Gasteiger partial charge is 0.433 e. The smallest absolute Gasteiger partial charge is 0.383 e. The van der Waals surface area contributed by atoms with E-state index in [2.05, 4.69) is 15.0 Å². The topological polar surface area (TPSA) is 103 Å². The van der Waals surface area contributed by atoms with Crippen molar-refractivity contribution in [3.8, 4) is 0 Å². The van der Waals surface area contributed by atoms with E-state index >= 15 is 0 Å². The van der Waals surface area contributed by atoms with Gasteiger partial charge in [0.1, 0.15) is 17.2 Å². The maximum atomic E-state index is 13.2. The Kier molecular flexibility index (Phi) is 4.75. The zero-order chi connectivity index (χ0) is 22.6. The highest BCUT2D eigenvalue weighted by molar-refractivity contribution is 5.97. The van der Waals surface area contributed by atoms with Crippen LogP contribution in [0.1, 0.15) is 44.5 Å². The van der Waals surface area contributed by atoms with Crippen molar-refractivity contribution in [2.75, 3.05) is 19.4 Å². The molecule has 0 saturated heterocycles. The Balaban J connectivity index is 1.48. The Morgan fingerprint density at radius 3 is 2.69 bits per heavy atom. The van der Waals surface area contributed by atoms with Crippen molar-refractivity contribution in [3.63, 3.8) is 0 Å². The van der Waals surface area contributed by atoms with E-state index in [0.29, 0.717) is 35.7 Å². The van der Waals surface area contributed by atoms with E-state index in [1.807, 2.05) is 0 Å². The van der Waals surface area contributed by atoms with Gasteiger partial charge in [0, 0.05) is 29.8 Å². The molecule has 5 heterocycles. The minimum Gasteiger partial charge on any atom is -0.383 e. The SMILES string of the molecule is CN(C(=O)c1cc2c3c(c(N)nc2cn1)COC3)[C@@H]1COCc2cc(C(F)(F)F)ncc21. The van der Waals surface area contributed by atoms with Crippen molar-refractivity contribution in [3.05, 3.63) is 58.2 Å². The minimum absolute atomic E-state index is 0.0208. The molecule has 3 aromatic heterocycles. The highest BCUT2D eigenvalue weighted by Gasteiger charge is 2.36. The van der Waals surface area contributed by atoms with Crippen LogP contribution in [0.15, 0.2) is 24.5 Å². The molecule has 2 aliphatic heterocycles. The number of nitrogen functional groups attached to an aromatic ring is 1. The van der Waals surface area contributed by atoms with Crippen LogP contribution >= 0.6 is 0 Å². The van der Waals surface area contributed by atoms with Gasteiger partial charge in [-0.2, -0.15) is 13.2 Å². The van der Waals surface area contributed by atoms with Gasteiger partial charge < -0.3 is 20.1 Å². The molecule has 5 rings (SSSR count). The molecule has 32 heavy (non-hydrogen) atoms. The molecule has 0 bridgehead atoms. The van der Waals surface area contributed by atoms with Gasteiger partial charge in [-0.15, -0.1) is 0 Å². The van der Waals surface area contributed by atoms with Gasteiger partial charge in [0.05, 0.1) is 44.2 Å². The maximum Gasteiger partial charge on any atom is 0.433 e. The molecule has 1 amide bonds. The number of rotatable bonds is 2. The van der Waals surface area contributed by atoms with Gasteiger partial charge in [-0.25, -0.2) is 9.97 Å². The first-order valence-electron chi connectivity index (χ1n) is 9.79. The average Bonchev–Trinajstić information content (AvgIpc) is 3.28. The number of carbonyl (C=O) groups excluding carboxylic acids is 1. The summed E-state index contributed by atoms with van der Waals surface area (Å²) in [6.45, 7) is 0.881. The summed E-state index contributed by atoms with van der Waals surface area (Å²) in [4.78, 5) is 26.7. The Morgan fingerprint density at radius 1 is 1.12 bits per heavy atom. The van der Waals surface area contributed by atoms with Gasteiger partial charge in [0.2, 0.25) is 0 Å². The quantitative estimate of drug-likeness (QED) is 0.647. The molecule has 8 nitrogen and oxygen atoms in total. The lowest BCUT2D eigenvalue weighted by Crippen LogP contribution is -2.37. The standard InChI is InChI=1S/C21H18F3N5O3/c1-29(17-9-31-6-10-2-18(21(22,23)24)27-4-12(10)17)20(30)15-3-11-13-7-32-8-14(13)19(25)28-16(11)5-26-15/h2-5,17H,6-9H2,1H3,(H2,25,28)/t17-/m1/s1. The van der Waals surface area contributed by atoms with Crippen molar-refractivity contribution in [2.45, 2.75) is 32.0 Å². The van der Waals surface area contributed by atoms with Gasteiger partial charge in [-0.1, -0.05) is 0 Å². The molecule has 0 aromatic carbocycles. The Hall–Kier alpha value is -3.31. The third-order valence-corrected chi connectivity index (χ3v) is 5.83. The highest BCUT2D eigenvalue weighted by atomic mass is 19.4. The van der Waals surface area contributed by atoms with Crippen LogP contribution in [0.3, 0.4) is 0 Å². The van der Waals surface area contributed by atoms with Gasteiger partial charge in [-0.05, 0) is 23.3 Å². The molecular weight excluding hydrogens is 427 g/mol. The van der Waals surface area contributed by atoms with Crippen LogP contribution in [-0.2, 0) is 35.5 Å². The second-order valence-electron chi connectivity index (χ2n) is 7.75. The number of likely N-dealkylation sites (N-methyl/N-ethyl adjacent to an activating group) is 1. The number of halogens is 3. The van der Waals surface area contributed by atoms with Crippen LogP contribution < -0.4 is 5.73 Å². The number of ether oxygens (including phenoxy) is 2. The zero-order valence-corrected chi connectivity index (χ0v) is 16.9. The first-order valence-corrected chi connectivity index (χ1v) is 9.79. The molecule has 0 saturated carbocycles. The minimum atomic E-state index is -4.56. The lowest BCUT2D eigenvalue weighted by atomic mass is 9.99. The van der Waals surface area contributed by atoms with Crippen LogP contribution in [0, 0.1) is 0 Å². The first-order chi connectivity index (χ1) is 15.2. The molecule has 3 aromatic rings. The van der Waals surface area contributed by atoms with Crippen molar-refractivity contribution in [2.24, 2.45) is 0 Å². The monoisotopic (exact) mass is 445 g/mol. The molecule has 0 radical (unpaired) electrons. The van der Waals surface area contributed by atoms with E-state index in [1.165, 1.54) is 17.3 Å². The van der Waals surface area contributed by atoms with E-state index in [-0.39, 0.29) is 18.9 Å². The number of anilines is 1. The van der Waals surface area contributed by atoms with Gasteiger partial charge in [0.15, 0.2) is 0 Å². The third kappa shape index (κ3) is 3.33. The molecule has 0 fully saturated rings. The van der Waals surface area contributed by atoms with E-state index in [1.54, 1.807) is 13.1 Å². The lowest BCUT2D eigenvalue weighted by molar-refractivity contribution is -0.141. The molecule has 166 valence electrons. The van der Waals surface area contributed by atoms with E-state index in [0.717, 1.165) is 22.6 Å². The van der Waals surface area contributed by atoms with Crippen LogP contribution in [-0.4, -0.2) is 39.4 Å². The third-order valence-electron chi connectivity index (χ3n) is 5.83. The summed E-state index contributed by atoms with van der Waals surface area (Å²) in [5.74, 6) is -0.0255. The summed E-state index contributed by atoms with van der Waals surface area (Å²) in [6.07, 6.45) is -1.91. The Bertz CT molecular complexity index is 1250. The van der Waals surface area contributed by atoms with Crippen LogP contribution in [0.2, 0.25) is 0 Å². The van der Waals surface area contributed by atoms with Crippen molar-refractivity contribution in [1.29, 1.82) is 0 Å². The second kappa shape index (κ2) is 7.38. The van der Waals surface area contributed by atoms with E-state index in [4.69, 9.17) is 15.2 Å². The van der Waals surface area contributed by atoms with Crippen molar-refractivity contribution >= 4 is 22.6 Å². The fourth-order valence-electron chi connectivity index (χ4n) is 4.09. The number of fused-ring (bicyclic) bond motifs is 4. The molecule has 2 aliphatic rings. The number of aromatic nitrogens is 3. The summed E-state index contributed by atoms with van der Waals surface area (Å²) in [5, 5.41) is 0.732. The van der Waals surface area contributed by atoms with Gasteiger partial charge in [-0.3, -0.25) is 9.78 Å². The van der Waals surface area contributed by atoms with Gasteiger partial charge >= 0.3 is 6.18 Å². The fourth-order valence-corrected chi connectivity index (χ4v) is 4.09. The normalized spacial score (nSPS) is 17.8. The number of amides is 1. The number of hydrogen-bond acceptors (Lipinski definition) is 7. The predicted molar refractivity (Wildman–Crippen MR) is 106 cm³/mol. The van der Waals surface area contributed by atoms with E-state index in [9.17, 15) is 18.0 Å². The van der Waals surface area contributed by atoms with Crippen molar-refractivity contribution < 1.29 is 27.4 Å². The fraction of sp³-hybridized carbons (Fsp3) is 0.333. The first kappa shape index (κ1) is 20.6. The van der Waals surface area contributed by atoms with Crippen LogP contribution in [0.5, 0.6) is 0 Å². The second-order valence-corrected chi connectivity index (χ2v) is 7.75. The highest BCUT2D eigenvalue weighted by Crippen LogP contribution is 2.35. The molecule has 0 unspecified atom stereocenters. The summed E-state index contributed by atoms with van der Waals surface area (Å²) < 4.78 is 50.0. The van der Waals surface area contributed by atoms with E-state index < -0.39 is 23.8 Å². The summed E-state index contributed by atoms with van der Waals surface area (Å²) in [7, 11) is 1.56. The molecule has 0 spiro atoms. The Morgan fingerprint density at radius 2 is 1.91 bits per heavy atom. The number of hydrogen-bond donors (Lipinski definition) is 1. The number of carbonyl (C=O) groups is 1.